The van der Waals surface area contributed by atoms with E-state index in [9.17, 15) is 10.2 Å². The molecule has 0 bridgehead atoms. The Morgan fingerprint density at radius 2 is 1.09 bits per heavy atom. The number of aromatic hydroxyl groups is 2. The molecule has 0 unspecified atom stereocenters. The molecule has 0 amide bonds. The molecule has 2 rings (SSSR count). The van der Waals surface area contributed by atoms with Crippen molar-refractivity contribution in [2.24, 2.45) is 9.98 Å². The third kappa shape index (κ3) is 7.73. The largest absolute Gasteiger partial charge is 0.507 e. The van der Waals surface area contributed by atoms with Crippen LogP contribution in [0.25, 0.3) is 0 Å². The molecule has 0 heterocycles. The molecular formula is C29H42N2O2. The summed E-state index contributed by atoms with van der Waals surface area (Å²) in [5.41, 5.74) is 6.06. The summed E-state index contributed by atoms with van der Waals surface area (Å²) in [4.78, 5) is 9.07. The summed E-state index contributed by atoms with van der Waals surface area (Å²) in [5, 5.41) is 21.3. The molecule has 0 aliphatic heterocycles. The molecular weight excluding hydrogens is 408 g/mol. The molecule has 33 heavy (non-hydrogen) atoms. The second-order valence-electron chi connectivity index (χ2n) is 9.48. The fraction of sp³-hybridized carbons (Fsp3) is 0.517. The van der Waals surface area contributed by atoms with Crippen molar-refractivity contribution in [3.05, 3.63) is 57.6 Å². The summed E-state index contributed by atoms with van der Waals surface area (Å²) < 4.78 is 0. The molecule has 0 atom stereocenters. The number of rotatable bonds is 12. The first kappa shape index (κ1) is 26.6. The molecule has 0 aliphatic rings. The van der Waals surface area contributed by atoms with Crippen molar-refractivity contribution in [3.8, 4) is 11.5 Å². The predicted octanol–water partition coefficient (Wildman–Crippen LogP) is 7.18. The Kier molecular flexibility index (Phi) is 10.6. The van der Waals surface area contributed by atoms with Crippen LogP contribution in [0, 0.1) is 0 Å². The zero-order chi connectivity index (χ0) is 24.4. The van der Waals surface area contributed by atoms with Crippen LogP contribution in [0.1, 0.15) is 106 Å². The van der Waals surface area contributed by atoms with Crippen LogP contribution >= 0.6 is 0 Å². The highest BCUT2D eigenvalue weighted by atomic mass is 16.3. The Labute approximate surface area is 200 Å². The zero-order valence-electron chi connectivity index (χ0n) is 21.4. The van der Waals surface area contributed by atoms with Crippen LogP contribution in [0.15, 0.2) is 34.3 Å². The topological polar surface area (TPSA) is 65.2 Å². The fourth-order valence-electron chi connectivity index (χ4n) is 4.01. The highest BCUT2D eigenvalue weighted by molar-refractivity contribution is 5.85. The van der Waals surface area contributed by atoms with Gasteiger partial charge < -0.3 is 10.2 Å². The van der Waals surface area contributed by atoms with Gasteiger partial charge in [0.05, 0.1) is 0 Å². The summed E-state index contributed by atoms with van der Waals surface area (Å²) in [7, 11) is 0. The van der Waals surface area contributed by atoms with Gasteiger partial charge in [-0.05, 0) is 65.5 Å². The number of hydrogen-bond acceptors (Lipinski definition) is 4. The molecule has 0 fully saturated rings. The summed E-state index contributed by atoms with van der Waals surface area (Å²) in [5.74, 6) is 1.23. The van der Waals surface area contributed by atoms with E-state index in [1.165, 1.54) is 11.1 Å². The van der Waals surface area contributed by atoms with Crippen molar-refractivity contribution in [1.29, 1.82) is 0 Å². The van der Waals surface area contributed by atoms with E-state index in [0.717, 1.165) is 54.4 Å². The number of aryl methyl sites for hydroxylation is 2. The minimum atomic E-state index is 0.270. The number of benzene rings is 2. The number of nitrogens with zero attached hydrogens (tertiary/aromatic N) is 2. The quantitative estimate of drug-likeness (QED) is 0.266. The maximum Gasteiger partial charge on any atom is 0.127 e. The van der Waals surface area contributed by atoms with E-state index in [4.69, 9.17) is 0 Å². The molecule has 2 N–H and O–H groups in total. The van der Waals surface area contributed by atoms with Gasteiger partial charge in [-0.1, -0.05) is 66.5 Å². The van der Waals surface area contributed by atoms with Gasteiger partial charge in [0.25, 0.3) is 0 Å². The van der Waals surface area contributed by atoms with E-state index in [0.29, 0.717) is 24.6 Å². The van der Waals surface area contributed by atoms with Crippen LogP contribution in [0.4, 0.5) is 0 Å². The average Bonchev–Trinajstić information content (AvgIpc) is 2.76. The summed E-state index contributed by atoms with van der Waals surface area (Å²) in [6, 6.07) is 8.33. The molecule has 0 radical (unpaired) electrons. The average molecular weight is 451 g/mol. The van der Waals surface area contributed by atoms with Gasteiger partial charge >= 0.3 is 0 Å². The normalized spacial score (nSPS) is 12.1. The van der Waals surface area contributed by atoms with Gasteiger partial charge in [-0.15, -0.1) is 0 Å². The maximum absolute atomic E-state index is 10.6. The van der Waals surface area contributed by atoms with E-state index < -0.39 is 0 Å². The highest BCUT2D eigenvalue weighted by Gasteiger charge is 2.12. The van der Waals surface area contributed by atoms with E-state index in [2.05, 4.69) is 63.7 Å². The smallest absolute Gasteiger partial charge is 0.127 e. The van der Waals surface area contributed by atoms with Crippen molar-refractivity contribution in [1.82, 2.24) is 0 Å². The van der Waals surface area contributed by atoms with Gasteiger partial charge in [-0.3, -0.25) is 9.98 Å². The Morgan fingerprint density at radius 1 is 0.697 bits per heavy atom. The minimum absolute atomic E-state index is 0.270. The van der Waals surface area contributed by atoms with Gasteiger partial charge in [-0.25, -0.2) is 0 Å². The van der Waals surface area contributed by atoms with Gasteiger partial charge in [0.1, 0.15) is 11.5 Å². The third-order valence-corrected chi connectivity index (χ3v) is 5.81. The van der Waals surface area contributed by atoms with Crippen molar-refractivity contribution in [3.63, 3.8) is 0 Å². The lowest BCUT2D eigenvalue weighted by Gasteiger charge is -2.13. The molecule has 4 heteroatoms. The Morgan fingerprint density at radius 3 is 1.42 bits per heavy atom. The van der Waals surface area contributed by atoms with Crippen molar-refractivity contribution < 1.29 is 10.2 Å². The maximum atomic E-state index is 10.6. The summed E-state index contributed by atoms with van der Waals surface area (Å²) >= 11 is 0. The fourth-order valence-corrected chi connectivity index (χ4v) is 4.01. The third-order valence-electron chi connectivity index (χ3n) is 5.81. The zero-order valence-corrected chi connectivity index (χ0v) is 21.4. The molecule has 0 aliphatic carbocycles. The lowest BCUT2D eigenvalue weighted by molar-refractivity contribution is 0.463. The molecule has 4 nitrogen and oxygen atoms in total. The van der Waals surface area contributed by atoms with Crippen LogP contribution in [0.5, 0.6) is 11.5 Å². The Hall–Kier alpha value is -2.62. The van der Waals surface area contributed by atoms with Gasteiger partial charge in [0.2, 0.25) is 0 Å². The summed E-state index contributed by atoms with van der Waals surface area (Å²) in [6.45, 7) is 14.0. The van der Waals surface area contributed by atoms with Crippen molar-refractivity contribution >= 4 is 12.4 Å². The number of hydrogen-bond donors (Lipinski definition) is 2. The number of phenolic OH excluding ortho intramolecular Hbond substituents is 2. The predicted molar refractivity (Wildman–Crippen MR) is 142 cm³/mol. The molecule has 0 saturated heterocycles. The van der Waals surface area contributed by atoms with E-state index >= 15 is 0 Å². The van der Waals surface area contributed by atoms with Crippen molar-refractivity contribution in [2.45, 2.75) is 85.5 Å². The molecule has 0 aromatic heterocycles. The first-order valence-electron chi connectivity index (χ1n) is 12.5. The number of aliphatic imine (C=N–C) groups is 2. The Balaban J connectivity index is 2.01. The van der Waals surface area contributed by atoms with E-state index in [-0.39, 0.29) is 11.8 Å². The monoisotopic (exact) mass is 450 g/mol. The minimum Gasteiger partial charge on any atom is -0.507 e. The molecule has 2 aromatic carbocycles. The standard InChI is InChI=1S/C29H42N2O2/c1-7-10-22-14-24(28(32)26(16-22)20(3)4)18-30-12-9-13-31-19-25-15-23(11-8-2)17-27(21(5)6)29(25)33/h14-21,32-33H,7-13H2,1-6H3. The van der Waals surface area contributed by atoms with Gasteiger partial charge in [-0.2, -0.15) is 0 Å². The first-order valence-corrected chi connectivity index (χ1v) is 12.5. The first-order chi connectivity index (χ1) is 15.8. The molecule has 180 valence electrons. The summed E-state index contributed by atoms with van der Waals surface area (Å²) in [6.07, 6.45) is 8.55. The van der Waals surface area contributed by atoms with Crippen LogP contribution in [0.3, 0.4) is 0 Å². The van der Waals surface area contributed by atoms with Gasteiger partial charge in [0, 0.05) is 36.6 Å². The van der Waals surface area contributed by atoms with Crippen LogP contribution in [0.2, 0.25) is 0 Å². The molecule has 0 spiro atoms. The van der Waals surface area contributed by atoms with Crippen LogP contribution < -0.4 is 0 Å². The van der Waals surface area contributed by atoms with Crippen LogP contribution in [-0.2, 0) is 12.8 Å². The lowest BCUT2D eigenvalue weighted by atomic mass is 9.95. The van der Waals surface area contributed by atoms with Crippen molar-refractivity contribution in [2.75, 3.05) is 13.1 Å². The second-order valence-corrected chi connectivity index (χ2v) is 9.48. The molecule has 0 saturated carbocycles. The molecule has 2 aromatic rings. The SMILES string of the molecule is CCCc1cc(C=NCCCN=Cc2cc(CCC)cc(C(C)C)c2O)c(O)c(C(C)C)c1. The highest BCUT2D eigenvalue weighted by Crippen LogP contribution is 2.31. The van der Waals surface area contributed by atoms with E-state index in [1.807, 2.05) is 12.1 Å². The lowest BCUT2D eigenvalue weighted by Crippen LogP contribution is -1.98. The Bertz CT molecular complexity index is 881. The second kappa shape index (κ2) is 13.2. The van der Waals surface area contributed by atoms with Gasteiger partial charge in [0.15, 0.2) is 0 Å². The van der Waals surface area contributed by atoms with Crippen LogP contribution in [-0.4, -0.2) is 35.7 Å². The van der Waals surface area contributed by atoms with E-state index in [1.54, 1.807) is 12.4 Å². The number of phenols is 2.